The van der Waals surface area contributed by atoms with E-state index in [0.717, 1.165) is 12.0 Å². The predicted octanol–water partition coefficient (Wildman–Crippen LogP) is 4.17. The smallest absolute Gasteiger partial charge is 0.251 e. The van der Waals surface area contributed by atoms with Gasteiger partial charge in [-0.2, -0.15) is 0 Å². The molecule has 9 heteroatoms. The lowest BCUT2D eigenvalue weighted by atomic mass is 9.65. The molecule has 3 fully saturated rings. The van der Waals surface area contributed by atoms with Gasteiger partial charge in [-0.15, -0.1) is 24.9 Å². The molecule has 2 bridgehead atoms. The van der Waals surface area contributed by atoms with Crippen molar-refractivity contribution < 1.29 is 19.5 Å². The van der Waals surface area contributed by atoms with Gasteiger partial charge in [0.1, 0.15) is 6.04 Å². The van der Waals surface area contributed by atoms with E-state index in [9.17, 15) is 19.5 Å². The lowest BCUT2D eigenvalue weighted by Gasteiger charge is -2.43. The number of amides is 3. The van der Waals surface area contributed by atoms with Crippen molar-refractivity contribution >= 4 is 46.8 Å². The first-order valence-electron chi connectivity index (χ1n) is 13.6. The zero-order valence-electron chi connectivity index (χ0n) is 23.5. The highest BCUT2D eigenvalue weighted by atomic mass is 35.5. The molecule has 212 valence electrons. The number of carbonyl (C=O) groups excluding carboxylic acids is 3. The normalized spacial score (nSPS) is 29.9. The van der Waals surface area contributed by atoms with Gasteiger partial charge in [-0.3, -0.25) is 14.4 Å². The first-order chi connectivity index (χ1) is 18.5. The number of aliphatic hydroxyl groups excluding tert-OH is 1. The molecule has 3 amide bonds. The molecule has 7 nitrogen and oxygen atoms in total. The van der Waals surface area contributed by atoms with Gasteiger partial charge in [0, 0.05) is 25.4 Å². The van der Waals surface area contributed by atoms with Gasteiger partial charge in [0.2, 0.25) is 11.8 Å². The molecule has 3 aliphatic heterocycles. The number of likely N-dealkylation sites (N-methyl/N-ethyl adjacent to an activating group) is 1. The number of halogens is 1. The summed E-state index contributed by atoms with van der Waals surface area (Å²) in [6, 6.07) is 4.05. The predicted molar refractivity (Wildman–Crippen MR) is 158 cm³/mol. The third-order valence-corrected chi connectivity index (χ3v) is 11.2. The standard InChI is InChI=1S/C30H40ClN3O4S/c1-8-13-32(7)27(36)23-22-15-19(6)30(39-22)24(23)28(37)34(21(16-35)17(3)4)26(30)29(38)33(14-9-2)25-18(5)11-10-12-20(25)31/h8-12,17,19,21-24,26,35H,1-2,13-16H2,3-7H3/t19?,21-,22-,23+,24-,26?,30?/m0/s1. The molecule has 1 N–H and O–H groups in total. The average molecular weight is 574 g/mol. The Kier molecular flexibility index (Phi) is 8.60. The second-order valence-electron chi connectivity index (χ2n) is 11.4. The molecule has 0 radical (unpaired) electrons. The number of anilines is 1. The van der Waals surface area contributed by atoms with Gasteiger partial charge in [0.25, 0.3) is 5.91 Å². The number of likely N-dealkylation sites (tertiary alicyclic amines) is 1. The van der Waals surface area contributed by atoms with Crippen molar-refractivity contribution in [1.82, 2.24) is 9.80 Å². The van der Waals surface area contributed by atoms with Crippen LogP contribution in [0.3, 0.4) is 0 Å². The maximum Gasteiger partial charge on any atom is 0.251 e. The molecule has 3 heterocycles. The summed E-state index contributed by atoms with van der Waals surface area (Å²) in [6.45, 7) is 15.8. The fourth-order valence-electron chi connectivity index (χ4n) is 7.07. The first-order valence-corrected chi connectivity index (χ1v) is 14.9. The number of aliphatic hydroxyl groups is 1. The van der Waals surface area contributed by atoms with E-state index < -0.39 is 28.7 Å². The summed E-state index contributed by atoms with van der Waals surface area (Å²) < 4.78 is -0.801. The van der Waals surface area contributed by atoms with E-state index in [1.54, 1.807) is 51.7 Å². The van der Waals surface area contributed by atoms with Crippen LogP contribution in [0.15, 0.2) is 43.5 Å². The number of benzene rings is 1. The van der Waals surface area contributed by atoms with Crippen LogP contribution in [0.2, 0.25) is 5.02 Å². The van der Waals surface area contributed by atoms with Gasteiger partial charge in [0.05, 0.1) is 39.9 Å². The zero-order valence-corrected chi connectivity index (χ0v) is 25.0. The van der Waals surface area contributed by atoms with Gasteiger partial charge in [0.15, 0.2) is 0 Å². The van der Waals surface area contributed by atoms with Crippen molar-refractivity contribution in [1.29, 1.82) is 0 Å². The second kappa shape index (κ2) is 11.3. The van der Waals surface area contributed by atoms with Crippen molar-refractivity contribution in [2.45, 2.75) is 56.2 Å². The summed E-state index contributed by atoms with van der Waals surface area (Å²) >= 11 is 8.28. The third-order valence-electron chi connectivity index (χ3n) is 8.83. The number of fused-ring (bicyclic) bond motifs is 1. The number of rotatable bonds is 10. The van der Waals surface area contributed by atoms with Crippen molar-refractivity contribution in [3.05, 3.63) is 54.1 Å². The Hall–Kier alpha value is -2.29. The maximum atomic E-state index is 14.8. The fraction of sp³-hybridized carbons (Fsp3) is 0.567. The number of aryl methyl sites for hydroxylation is 1. The van der Waals surface area contributed by atoms with E-state index in [0.29, 0.717) is 17.3 Å². The van der Waals surface area contributed by atoms with Gasteiger partial charge >= 0.3 is 0 Å². The summed E-state index contributed by atoms with van der Waals surface area (Å²) in [6.07, 6.45) is 4.07. The molecule has 0 aromatic heterocycles. The number of hydrogen-bond donors (Lipinski definition) is 1. The summed E-state index contributed by atoms with van der Waals surface area (Å²) in [5.41, 5.74) is 1.42. The van der Waals surface area contributed by atoms with Crippen LogP contribution in [-0.4, -0.2) is 81.5 Å². The average Bonchev–Trinajstić information content (AvgIpc) is 3.47. The number of thioether (sulfide) groups is 1. The van der Waals surface area contributed by atoms with E-state index in [-0.39, 0.29) is 48.0 Å². The molecule has 1 spiro atoms. The van der Waals surface area contributed by atoms with Crippen LogP contribution in [0.25, 0.3) is 0 Å². The van der Waals surface area contributed by atoms with Crippen molar-refractivity contribution in [2.75, 3.05) is 31.6 Å². The van der Waals surface area contributed by atoms with Crippen LogP contribution in [0.1, 0.15) is 32.8 Å². The number of para-hydroxylation sites is 1. The Morgan fingerprint density at radius 1 is 1.26 bits per heavy atom. The lowest BCUT2D eigenvalue weighted by Crippen LogP contribution is -2.60. The zero-order chi connectivity index (χ0) is 28.8. The summed E-state index contributed by atoms with van der Waals surface area (Å²) in [5.74, 6) is -1.85. The van der Waals surface area contributed by atoms with Crippen molar-refractivity contribution in [3.63, 3.8) is 0 Å². The quantitative estimate of drug-likeness (QED) is 0.425. The van der Waals surface area contributed by atoms with Crippen molar-refractivity contribution in [3.8, 4) is 0 Å². The van der Waals surface area contributed by atoms with Crippen LogP contribution < -0.4 is 4.90 Å². The number of hydrogen-bond acceptors (Lipinski definition) is 5. The number of carbonyl (C=O) groups is 3. The lowest BCUT2D eigenvalue weighted by molar-refractivity contribution is -0.145. The van der Waals surface area contributed by atoms with Crippen LogP contribution in [0.5, 0.6) is 0 Å². The van der Waals surface area contributed by atoms with Gasteiger partial charge in [-0.05, 0) is 36.8 Å². The largest absolute Gasteiger partial charge is 0.394 e. The van der Waals surface area contributed by atoms with Crippen LogP contribution in [0, 0.1) is 30.6 Å². The van der Waals surface area contributed by atoms with Crippen LogP contribution >= 0.6 is 23.4 Å². The summed E-state index contributed by atoms with van der Waals surface area (Å²) in [4.78, 5) is 47.9. The molecule has 39 heavy (non-hydrogen) atoms. The molecule has 3 unspecified atom stereocenters. The monoisotopic (exact) mass is 573 g/mol. The van der Waals surface area contributed by atoms with E-state index in [4.69, 9.17) is 11.6 Å². The topological polar surface area (TPSA) is 81.2 Å². The molecule has 0 saturated carbocycles. The Morgan fingerprint density at radius 2 is 1.92 bits per heavy atom. The van der Waals surface area contributed by atoms with Gasteiger partial charge in [-0.25, -0.2) is 0 Å². The highest BCUT2D eigenvalue weighted by Crippen LogP contribution is 2.69. The molecule has 4 rings (SSSR count). The highest BCUT2D eigenvalue weighted by Gasteiger charge is 2.77. The third kappa shape index (κ3) is 4.52. The Labute approximate surface area is 241 Å². The Bertz CT molecular complexity index is 1150. The van der Waals surface area contributed by atoms with E-state index in [1.165, 1.54) is 0 Å². The first kappa shape index (κ1) is 29.7. The Morgan fingerprint density at radius 3 is 2.49 bits per heavy atom. The van der Waals surface area contributed by atoms with Gasteiger partial charge in [-0.1, -0.05) is 56.7 Å². The number of nitrogens with zero attached hydrogens (tertiary/aromatic N) is 3. The molecule has 0 aliphatic carbocycles. The Balaban J connectivity index is 1.90. The minimum absolute atomic E-state index is 0.0126. The molecule has 3 aliphatic rings. The molecule has 7 atom stereocenters. The minimum atomic E-state index is -0.863. The van der Waals surface area contributed by atoms with Crippen molar-refractivity contribution in [2.24, 2.45) is 23.7 Å². The van der Waals surface area contributed by atoms with Gasteiger partial charge < -0.3 is 19.8 Å². The molecular formula is C30H40ClN3O4S. The van der Waals surface area contributed by atoms with E-state index >= 15 is 0 Å². The second-order valence-corrected chi connectivity index (χ2v) is 13.4. The van der Waals surface area contributed by atoms with Crippen LogP contribution in [0.4, 0.5) is 5.69 Å². The fourth-order valence-corrected chi connectivity index (χ4v) is 9.79. The maximum absolute atomic E-state index is 14.8. The SMILES string of the molecule is C=CCN(C)C(=O)[C@@H]1[C@@H]2CC(C)C3(S2)C(C(=O)N(CC=C)c2c(C)cccc2Cl)N([C@@H](CO)C(C)C)C(=O)[C@H]13. The summed E-state index contributed by atoms with van der Waals surface area (Å²) in [7, 11) is 1.73. The molecular weight excluding hydrogens is 534 g/mol. The molecule has 1 aromatic carbocycles. The van der Waals surface area contributed by atoms with Crippen LogP contribution in [-0.2, 0) is 14.4 Å². The summed E-state index contributed by atoms with van der Waals surface area (Å²) in [5, 5.41) is 10.9. The molecule has 3 saturated heterocycles. The van der Waals surface area contributed by atoms with E-state index in [1.807, 2.05) is 32.9 Å². The molecule has 1 aromatic rings. The highest BCUT2D eigenvalue weighted by molar-refractivity contribution is 8.02. The van der Waals surface area contributed by atoms with E-state index in [2.05, 4.69) is 20.1 Å². The minimum Gasteiger partial charge on any atom is -0.394 e.